The lowest BCUT2D eigenvalue weighted by Crippen LogP contribution is -2.27. The highest BCUT2D eigenvalue weighted by Gasteiger charge is 2.39. The molecular weight excluding hydrogens is 276 g/mol. The van der Waals surface area contributed by atoms with Crippen molar-refractivity contribution < 1.29 is 0 Å². The highest BCUT2D eigenvalue weighted by molar-refractivity contribution is 5.46. The number of aryl methyl sites for hydroxylation is 2. The van der Waals surface area contributed by atoms with Crippen LogP contribution < -0.4 is 0 Å². The normalized spacial score (nSPS) is 32.9. The Balaban J connectivity index is 1.66. The third kappa shape index (κ3) is 1.78. The van der Waals surface area contributed by atoms with E-state index in [1.54, 1.807) is 33.4 Å². The van der Waals surface area contributed by atoms with Gasteiger partial charge in [0.1, 0.15) is 0 Å². The molecule has 0 heterocycles. The second kappa shape index (κ2) is 4.50. The zero-order valence-electron chi connectivity index (χ0n) is 13.7. The van der Waals surface area contributed by atoms with Gasteiger partial charge in [0.25, 0.3) is 0 Å². The Hall–Kier alpha value is -1.56. The number of rotatable bonds is 0. The molecule has 0 N–H and O–H groups in total. The topological polar surface area (TPSA) is 0 Å². The van der Waals surface area contributed by atoms with Crippen molar-refractivity contribution in [3.05, 3.63) is 69.8 Å². The number of benzene rings is 2. The largest absolute Gasteiger partial charge is 0.0555 e. The lowest BCUT2D eigenvalue weighted by molar-refractivity contribution is 0.329. The lowest BCUT2D eigenvalue weighted by atomic mass is 9.61. The minimum atomic E-state index is 0.784. The molecule has 0 spiro atoms. The summed E-state index contributed by atoms with van der Waals surface area (Å²) in [5.41, 5.74) is 9.88. The Morgan fingerprint density at radius 1 is 0.478 bits per heavy atom. The fourth-order valence-corrected chi connectivity index (χ4v) is 5.73. The molecule has 0 radical (unpaired) electrons. The van der Waals surface area contributed by atoms with E-state index >= 15 is 0 Å². The van der Waals surface area contributed by atoms with Gasteiger partial charge in [-0.15, -0.1) is 0 Å². The summed E-state index contributed by atoms with van der Waals surface area (Å²) in [6, 6.07) is 15.4. The molecule has 4 atom stereocenters. The minimum absolute atomic E-state index is 0.784. The van der Waals surface area contributed by atoms with Gasteiger partial charge in [-0.3, -0.25) is 0 Å². The zero-order chi connectivity index (χ0) is 15.0. The molecule has 6 bridgehead atoms. The monoisotopic (exact) mass is 300 g/mol. The van der Waals surface area contributed by atoms with Crippen LogP contribution in [0.15, 0.2) is 36.4 Å². The summed E-state index contributed by atoms with van der Waals surface area (Å²) in [6.45, 7) is 0. The fraction of sp³-hybridized carbons (Fsp3) is 0.478. The Labute approximate surface area is 138 Å². The van der Waals surface area contributed by atoms with Crippen molar-refractivity contribution in [2.75, 3.05) is 0 Å². The quantitative estimate of drug-likeness (QED) is 0.576. The number of hydrogen-bond donors (Lipinski definition) is 0. The van der Waals surface area contributed by atoms with Gasteiger partial charge in [0.15, 0.2) is 0 Å². The van der Waals surface area contributed by atoms with Gasteiger partial charge in [-0.2, -0.15) is 0 Å². The summed E-state index contributed by atoms with van der Waals surface area (Å²) in [4.78, 5) is 0. The molecule has 23 heavy (non-hydrogen) atoms. The van der Waals surface area contributed by atoms with Gasteiger partial charge in [0.05, 0.1) is 0 Å². The molecule has 5 aliphatic rings. The number of hydrogen-bond acceptors (Lipinski definition) is 0. The predicted molar refractivity (Wildman–Crippen MR) is 94.3 cm³/mol. The van der Waals surface area contributed by atoms with E-state index < -0.39 is 0 Å². The third-order valence-corrected chi connectivity index (χ3v) is 7.27. The van der Waals surface area contributed by atoms with Gasteiger partial charge in [-0.1, -0.05) is 36.4 Å². The fourth-order valence-electron chi connectivity index (χ4n) is 5.73. The summed E-state index contributed by atoms with van der Waals surface area (Å²) in [6.07, 6.45) is 9.38. The van der Waals surface area contributed by atoms with Crippen molar-refractivity contribution in [2.45, 2.75) is 68.6 Å². The van der Waals surface area contributed by atoms with Crippen LogP contribution in [0.2, 0.25) is 0 Å². The molecule has 2 saturated carbocycles. The van der Waals surface area contributed by atoms with Crippen molar-refractivity contribution in [1.29, 1.82) is 0 Å². The van der Waals surface area contributed by atoms with E-state index in [2.05, 4.69) is 36.4 Å². The lowest BCUT2D eigenvalue weighted by Gasteiger charge is -2.43. The smallest absolute Gasteiger partial charge is 0.00927 e. The van der Waals surface area contributed by atoms with Crippen LogP contribution in [0.5, 0.6) is 0 Å². The predicted octanol–water partition coefficient (Wildman–Crippen LogP) is 5.81. The summed E-state index contributed by atoms with van der Waals surface area (Å²) in [5.74, 6) is 3.14. The van der Waals surface area contributed by atoms with Crippen molar-refractivity contribution in [3.8, 4) is 0 Å². The molecule has 0 amide bonds. The van der Waals surface area contributed by atoms with Crippen molar-refractivity contribution in [1.82, 2.24) is 0 Å². The molecule has 5 aliphatic carbocycles. The van der Waals surface area contributed by atoms with E-state index in [0.717, 1.165) is 23.7 Å². The first-order valence-electron chi connectivity index (χ1n) is 9.63. The Bertz CT molecular complexity index is 676. The van der Waals surface area contributed by atoms with E-state index in [0.29, 0.717) is 0 Å². The summed E-state index contributed by atoms with van der Waals surface area (Å²) < 4.78 is 0. The number of fused-ring (bicyclic) bond motifs is 2. The maximum atomic E-state index is 2.60. The Kier molecular flexibility index (Phi) is 2.51. The molecule has 0 aliphatic heterocycles. The van der Waals surface area contributed by atoms with Gasteiger partial charge in [-0.25, -0.2) is 0 Å². The first-order valence-corrected chi connectivity index (χ1v) is 9.63. The molecule has 0 aromatic heterocycles. The van der Waals surface area contributed by atoms with E-state index in [1.165, 1.54) is 44.9 Å². The molecule has 116 valence electrons. The zero-order valence-corrected chi connectivity index (χ0v) is 13.7. The van der Waals surface area contributed by atoms with Crippen LogP contribution in [0, 0.1) is 0 Å². The van der Waals surface area contributed by atoms with E-state index in [1.807, 2.05) is 0 Å². The Morgan fingerprint density at radius 3 is 1.13 bits per heavy atom. The SMILES string of the molecule is c1c2cc3cc1C1CCC1c1cc(cc(c1)C1CCC31)CCC2. The van der Waals surface area contributed by atoms with Crippen molar-refractivity contribution >= 4 is 0 Å². The second-order valence-corrected chi connectivity index (χ2v) is 8.45. The van der Waals surface area contributed by atoms with E-state index in [4.69, 9.17) is 0 Å². The average molecular weight is 300 g/mol. The summed E-state index contributed by atoms with van der Waals surface area (Å²) >= 11 is 0. The average Bonchev–Trinajstić information content (AvgIpc) is 2.44. The van der Waals surface area contributed by atoms with E-state index in [9.17, 15) is 0 Å². The van der Waals surface area contributed by atoms with Gasteiger partial charge in [0.2, 0.25) is 0 Å². The van der Waals surface area contributed by atoms with Crippen LogP contribution in [-0.2, 0) is 12.8 Å². The standard InChI is InChI=1S/C23H24/c1-2-14-8-16-12-17(9-14)21-5-7-23(21)19-11-15(3-1)10-18(13-19)22-6-4-20(16)22/h8-13,20-23H,1-7H2. The maximum absolute atomic E-state index is 2.60. The third-order valence-electron chi connectivity index (χ3n) is 7.27. The van der Waals surface area contributed by atoms with Crippen LogP contribution >= 0.6 is 0 Å². The molecule has 2 aromatic rings. The molecule has 0 saturated heterocycles. The molecule has 7 rings (SSSR count). The molecule has 4 unspecified atom stereocenters. The van der Waals surface area contributed by atoms with Gasteiger partial charge in [0, 0.05) is 0 Å². The van der Waals surface area contributed by atoms with Gasteiger partial charge in [-0.05, 0) is 102 Å². The molecule has 2 fully saturated rings. The van der Waals surface area contributed by atoms with Crippen molar-refractivity contribution in [3.63, 3.8) is 0 Å². The van der Waals surface area contributed by atoms with Crippen LogP contribution in [-0.4, -0.2) is 0 Å². The maximum Gasteiger partial charge on any atom is -0.00927 e. The molecule has 0 nitrogen and oxygen atoms in total. The van der Waals surface area contributed by atoms with Crippen LogP contribution in [0.3, 0.4) is 0 Å². The van der Waals surface area contributed by atoms with Crippen LogP contribution in [0.1, 0.15) is 89.2 Å². The second-order valence-electron chi connectivity index (χ2n) is 8.45. The highest BCUT2D eigenvalue weighted by Crippen LogP contribution is 2.55. The minimum Gasteiger partial charge on any atom is -0.0555 e. The summed E-state index contributed by atoms with van der Waals surface area (Å²) in [7, 11) is 0. The first kappa shape index (κ1) is 12.8. The van der Waals surface area contributed by atoms with Crippen LogP contribution in [0.25, 0.3) is 0 Å². The Morgan fingerprint density at radius 2 is 0.826 bits per heavy atom. The van der Waals surface area contributed by atoms with E-state index in [-0.39, 0.29) is 0 Å². The van der Waals surface area contributed by atoms with Gasteiger partial charge >= 0.3 is 0 Å². The van der Waals surface area contributed by atoms with Crippen LogP contribution in [0.4, 0.5) is 0 Å². The molecular formula is C23H24. The van der Waals surface area contributed by atoms with Crippen molar-refractivity contribution in [2.24, 2.45) is 0 Å². The van der Waals surface area contributed by atoms with Gasteiger partial charge < -0.3 is 0 Å². The highest BCUT2D eigenvalue weighted by atomic mass is 14.4. The molecule has 2 aromatic carbocycles. The molecule has 0 heteroatoms. The first-order chi connectivity index (χ1) is 11.3. The summed E-state index contributed by atoms with van der Waals surface area (Å²) in [5, 5.41) is 0.